The highest BCUT2D eigenvalue weighted by molar-refractivity contribution is 6.30. The summed E-state index contributed by atoms with van der Waals surface area (Å²) in [6, 6.07) is 13.6. The standard InChI is InChI=1S/C18H19ClN2O3/c1-18(2,24-15-9-7-14(19)8-10-15)17(23)21-11-12-3-5-13(6-4-12)16(20)22/h3-10H,11H2,1-2H3,(H2,20,22)(H,21,23). The first-order valence-corrected chi connectivity index (χ1v) is 7.77. The normalized spacial score (nSPS) is 11.0. The molecule has 0 heterocycles. The van der Waals surface area contributed by atoms with E-state index in [0.29, 0.717) is 22.9 Å². The fourth-order valence-electron chi connectivity index (χ4n) is 2.03. The maximum atomic E-state index is 12.3. The second-order valence-electron chi connectivity index (χ2n) is 5.81. The molecule has 0 saturated heterocycles. The summed E-state index contributed by atoms with van der Waals surface area (Å²) in [6.45, 7) is 3.70. The van der Waals surface area contributed by atoms with Gasteiger partial charge in [-0.1, -0.05) is 23.7 Å². The number of hydrogen-bond acceptors (Lipinski definition) is 3. The second-order valence-corrected chi connectivity index (χ2v) is 6.25. The fourth-order valence-corrected chi connectivity index (χ4v) is 2.15. The molecule has 2 rings (SSSR count). The highest BCUT2D eigenvalue weighted by Crippen LogP contribution is 2.21. The highest BCUT2D eigenvalue weighted by atomic mass is 35.5. The van der Waals surface area contributed by atoms with Crippen LogP contribution in [0.15, 0.2) is 48.5 Å². The van der Waals surface area contributed by atoms with Crippen LogP contribution in [0.5, 0.6) is 5.75 Å². The van der Waals surface area contributed by atoms with Gasteiger partial charge in [-0.2, -0.15) is 0 Å². The smallest absolute Gasteiger partial charge is 0.263 e. The van der Waals surface area contributed by atoms with Crippen LogP contribution in [0.4, 0.5) is 0 Å². The van der Waals surface area contributed by atoms with Gasteiger partial charge in [0, 0.05) is 17.1 Å². The van der Waals surface area contributed by atoms with E-state index >= 15 is 0 Å². The third kappa shape index (κ3) is 4.73. The van der Waals surface area contributed by atoms with Crippen LogP contribution in [0.3, 0.4) is 0 Å². The first-order chi connectivity index (χ1) is 11.3. The average Bonchev–Trinajstić information content (AvgIpc) is 2.55. The molecule has 2 aromatic rings. The van der Waals surface area contributed by atoms with E-state index < -0.39 is 11.5 Å². The summed E-state index contributed by atoms with van der Waals surface area (Å²) in [7, 11) is 0. The minimum Gasteiger partial charge on any atom is -0.478 e. The van der Waals surface area contributed by atoms with Gasteiger partial charge in [0.1, 0.15) is 5.75 Å². The molecule has 0 atom stereocenters. The van der Waals surface area contributed by atoms with Crippen molar-refractivity contribution in [3.8, 4) is 5.75 Å². The Morgan fingerprint density at radius 3 is 2.21 bits per heavy atom. The predicted molar refractivity (Wildman–Crippen MR) is 93.0 cm³/mol. The van der Waals surface area contributed by atoms with E-state index in [0.717, 1.165) is 5.56 Å². The summed E-state index contributed by atoms with van der Waals surface area (Å²) in [6.07, 6.45) is 0. The van der Waals surface area contributed by atoms with Gasteiger partial charge < -0.3 is 15.8 Å². The van der Waals surface area contributed by atoms with Gasteiger partial charge in [0.05, 0.1) is 0 Å². The minimum atomic E-state index is -1.04. The Bertz CT molecular complexity index is 725. The molecule has 0 fully saturated rings. The van der Waals surface area contributed by atoms with Crippen LogP contribution in [0, 0.1) is 0 Å². The van der Waals surface area contributed by atoms with Gasteiger partial charge in [-0.25, -0.2) is 0 Å². The number of carbonyl (C=O) groups is 2. The van der Waals surface area contributed by atoms with Crippen LogP contribution in [-0.2, 0) is 11.3 Å². The molecular formula is C18H19ClN2O3. The Morgan fingerprint density at radius 2 is 1.67 bits per heavy atom. The van der Waals surface area contributed by atoms with E-state index in [4.69, 9.17) is 22.1 Å². The van der Waals surface area contributed by atoms with Gasteiger partial charge >= 0.3 is 0 Å². The maximum absolute atomic E-state index is 12.3. The maximum Gasteiger partial charge on any atom is 0.263 e. The number of nitrogens with one attached hydrogen (secondary N) is 1. The summed E-state index contributed by atoms with van der Waals surface area (Å²) >= 11 is 5.83. The van der Waals surface area contributed by atoms with Gasteiger partial charge in [0.2, 0.25) is 5.91 Å². The zero-order valence-electron chi connectivity index (χ0n) is 13.5. The number of rotatable bonds is 6. The molecule has 0 radical (unpaired) electrons. The van der Waals surface area contributed by atoms with Crippen molar-refractivity contribution < 1.29 is 14.3 Å². The van der Waals surface area contributed by atoms with Gasteiger partial charge in [-0.05, 0) is 55.8 Å². The lowest BCUT2D eigenvalue weighted by molar-refractivity contribution is -0.134. The van der Waals surface area contributed by atoms with Crippen molar-refractivity contribution in [1.82, 2.24) is 5.32 Å². The molecule has 0 aliphatic carbocycles. The Labute approximate surface area is 145 Å². The van der Waals surface area contributed by atoms with Crippen molar-refractivity contribution >= 4 is 23.4 Å². The highest BCUT2D eigenvalue weighted by Gasteiger charge is 2.29. The molecule has 0 bridgehead atoms. The van der Waals surface area contributed by atoms with Crippen molar-refractivity contribution in [2.24, 2.45) is 5.73 Å². The number of carbonyl (C=O) groups excluding carboxylic acids is 2. The lowest BCUT2D eigenvalue weighted by atomic mass is 10.1. The summed E-state index contributed by atoms with van der Waals surface area (Å²) < 4.78 is 5.73. The van der Waals surface area contributed by atoms with Crippen molar-refractivity contribution in [2.45, 2.75) is 26.0 Å². The summed E-state index contributed by atoms with van der Waals surface area (Å²) in [5.74, 6) is -0.176. The molecule has 5 nitrogen and oxygen atoms in total. The Hall–Kier alpha value is -2.53. The second kappa shape index (κ2) is 7.36. The zero-order valence-corrected chi connectivity index (χ0v) is 14.3. The van der Waals surface area contributed by atoms with Gasteiger partial charge in [0.25, 0.3) is 5.91 Å². The minimum absolute atomic E-state index is 0.253. The van der Waals surface area contributed by atoms with E-state index in [-0.39, 0.29) is 5.91 Å². The lowest BCUT2D eigenvalue weighted by Gasteiger charge is -2.25. The van der Waals surface area contributed by atoms with Crippen molar-refractivity contribution in [3.05, 3.63) is 64.7 Å². The van der Waals surface area contributed by atoms with E-state index in [2.05, 4.69) is 5.32 Å². The van der Waals surface area contributed by atoms with Crippen molar-refractivity contribution in [2.75, 3.05) is 0 Å². The molecule has 126 valence electrons. The Balaban J connectivity index is 1.94. The molecule has 2 aromatic carbocycles. The lowest BCUT2D eigenvalue weighted by Crippen LogP contribution is -2.46. The van der Waals surface area contributed by atoms with Crippen molar-refractivity contribution in [1.29, 1.82) is 0 Å². The molecule has 6 heteroatoms. The molecule has 2 amide bonds. The summed E-state index contributed by atoms with van der Waals surface area (Å²) in [4.78, 5) is 23.4. The molecule has 0 aliphatic heterocycles. The first-order valence-electron chi connectivity index (χ1n) is 7.39. The van der Waals surface area contributed by atoms with Crippen LogP contribution >= 0.6 is 11.6 Å². The number of nitrogens with two attached hydrogens (primary N) is 1. The van der Waals surface area contributed by atoms with Gasteiger partial charge in [-0.15, -0.1) is 0 Å². The number of benzene rings is 2. The van der Waals surface area contributed by atoms with Crippen LogP contribution in [-0.4, -0.2) is 17.4 Å². The average molecular weight is 347 g/mol. The fraction of sp³-hybridized carbons (Fsp3) is 0.222. The molecule has 0 saturated carbocycles. The molecule has 0 unspecified atom stereocenters. The SMILES string of the molecule is CC(C)(Oc1ccc(Cl)cc1)C(=O)NCc1ccc(C(N)=O)cc1. The molecule has 0 aromatic heterocycles. The van der Waals surface area contributed by atoms with Crippen molar-refractivity contribution in [3.63, 3.8) is 0 Å². The number of hydrogen-bond donors (Lipinski definition) is 2. The molecular weight excluding hydrogens is 328 g/mol. The summed E-state index contributed by atoms with van der Waals surface area (Å²) in [5, 5.41) is 3.41. The van der Waals surface area contributed by atoms with Crippen LogP contribution in [0.1, 0.15) is 29.8 Å². The van der Waals surface area contributed by atoms with Crippen LogP contribution in [0.25, 0.3) is 0 Å². The summed E-state index contributed by atoms with van der Waals surface area (Å²) in [5.41, 5.74) is 5.44. The quantitative estimate of drug-likeness (QED) is 0.843. The van der Waals surface area contributed by atoms with E-state index in [1.807, 2.05) is 0 Å². The third-order valence-electron chi connectivity index (χ3n) is 3.42. The van der Waals surface area contributed by atoms with Gasteiger partial charge in [0.15, 0.2) is 5.60 Å². The van der Waals surface area contributed by atoms with Gasteiger partial charge in [-0.3, -0.25) is 9.59 Å². The van der Waals surface area contributed by atoms with E-state index in [1.165, 1.54) is 0 Å². The third-order valence-corrected chi connectivity index (χ3v) is 3.68. The molecule has 24 heavy (non-hydrogen) atoms. The monoisotopic (exact) mass is 346 g/mol. The Kier molecular flexibility index (Phi) is 5.46. The number of ether oxygens (including phenoxy) is 1. The zero-order chi connectivity index (χ0) is 17.7. The van der Waals surface area contributed by atoms with E-state index in [1.54, 1.807) is 62.4 Å². The molecule has 0 aliphatic rings. The molecule has 0 spiro atoms. The predicted octanol–water partition coefficient (Wildman–Crippen LogP) is 2.91. The number of amides is 2. The number of primary amides is 1. The van der Waals surface area contributed by atoms with Crippen LogP contribution in [0.2, 0.25) is 5.02 Å². The topological polar surface area (TPSA) is 81.4 Å². The van der Waals surface area contributed by atoms with Crippen LogP contribution < -0.4 is 15.8 Å². The first kappa shape index (κ1) is 17.8. The Morgan fingerprint density at radius 1 is 1.08 bits per heavy atom. The largest absolute Gasteiger partial charge is 0.478 e. The number of halogens is 1. The molecule has 3 N–H and O–H groups in total. The van der Waals surface area contributed by atoms with E-state index in [9.17, 15) is 9.59 Å².